The zero-order valence-electron chi connectivity index (χ0n) is 11.4. The number of carbonyl (C=O) groups is 2. The van der Waals surface area contributed by atoms with Crippen molar-refractivity contribution < 1.29 is 14.7 Å². The van der Waals surface area contributed by atoms with Gasteiger partial charge in [0.2, 0.25) is 0 Å². The first-order valence-corrected chi connectivity index (χ1v) is 8.09. The molecule has 2 fully saturated rings. The van der Waals surface area contributed by atoms with Gasteiger partial charge in [0.05, 0.1) is 0 Å². The van der Waals surface area contributed by atoms with Crippen molar-refractivity contribution >= 4 is 23.8 Å². The highest BCUT2D eigenvalue weighted by atomic mass is 32.2. The third-order valence-corrected chi connectivity index (χ3v) is 5.19. The molecular weight excluding hydrogens is 264 g/mol. The molecule has 0 aromatic heterocycles. The van der Waals surface area contributed by atoms with Gasteiger partial charge < -0.3 is 15.3 Å². The lowest BCUT2D eigenvalue weighted by Crippen LogP contribution is -2.61. The average Bonchev–Trinajstić information content (AvgIpc) is 2.40. The Kier molecular flexibility index (Phi) is 4.60. The summed E-state index contributed by atoms with van der Waals surface area (Å²) in [6.07, 6.45) is 4.25. The van der Waals surface area contributed by atoms with E-state index in [1.54, 1.807) is 6.92 Å². The van der Waals surface area contributed by atoms with Crippen molar-refractivity contribution in [1.82, 2.24) is 10.2 Å². The quantitative estimate of drug-likeness (QED) is 0.813. The minimum absolute atomic E-state index is 0.203. The maximum absolute atomic E-state index is 12.3. The molecule has 0 radical (unpaired) electrons. The number of amides is 2. The van der Waals surface area contributed by atoms with Gasteiger partial charge in [-0.25, -0.2) is 9.59 Å². The number of nitrogens with one attached hydrogen (secondary N) is 1. The Morgan fingerprint density at radius 2 is 2.00 bits per heavy atom. The molecule has 2 amide bonds. The summed E-state index contributed by atoms with van der Waals surface area (Å²) in [6.45, 7) is 2.20. The molecule has 1 unspecified atom stereocenters. The molecule has 5 nitrogen and oxygen atoms in total. The van der Waals surface area contributed by atoms with E-state index in [0.29, 0.717) is 13.0 Å². The summed E-state index contributed by atoms with van der Waals surface area (Å²) in [7, 11) is 0. The van der Waals surface area contributed by atoms with Gasteiger partial charge in [0.25, 0.3) is 0 Å². The largest absolute Gasteiger partial charge is 0.480 e. The Hall–Kier alpha value is -0.910. The standard InChI is InChI=1S/C13H22N2O3S/c1-13(11(16)17)6-2-3-7-15(13)12(18)14-10-4-8-19-9-5-10/h10H,2-9H2,1H3,(H,14,18)(H,16,17). The summed E-state index contributed by atoms with van der Waals surface area (Å²) in [4.78, 5) is 25.3. The van der Waals surface area contributed by atoms with E-state index in [-0.39, 0.29) is 12.1 Å². The molecule has 2 saturated heterocycles. The molecule has 6 heteroatoms. The molecule has 0 saturated carbocycles. The second kappa shape index (κ2) is 6.03. The number of rotatable bonds is 2. The SMILES string of the molecule is CC1(C(=O)O)CCCCN1C(=O)NC1CCSCC1. The third kappa shape index (κ3) is 3.16. The number of carbonyl (C=O) groups excluding carboxylic acids is 1. The lowest BCUT2D eigenvalue weighted by molar-refractivity contribution is -0.150. The fraction of sp³-hybridized carbons (Fsp3) is 0.846. The topological polar surface area (TPSA) is 69.6 Å². The molecule has 0 spiro atoms. The van der Waals surface area contributed by atoms with Crippen molar-refractivity contribution in [3.63, 3.8) is 0 Å². The lowest BCUT2D eigenvalue weighted by Gasteiger charge is -2.42. The minimum atomic E-state index is -1.05. The first kappa shape index (κ1) is 14.5. The molecule has 0 aromatic rings. The van der Waals surface area contributed by atoms with Crippen LogP contribution in [0.2, 0.25) is 0 Å². The molecule has 2 heterocycles. The summed E-state index contributed by atoms with van der Waals surface area (Å²) in [5, 5.41) is 12.4. The van der Waals surface area contributed by atoms with Crippen molar-refractivity contribution in [3.8, 4) is 0 Å². The van der Waals surface area contributed by atoms with Crippen molar-refractivity contribution in [2.24, 2.45) is 0 Å². The molecule has 0 aromatic carbocycles. The Balaban J connectivity index is 2.01. The second-order valence-electron chi connectivity index (χ2n) is 5.52. The highest BCUT2D eigenvalue weighted by Gasteiger charge is 2.44. The molecule has 19 heavy (non-hydrogen) atoms. The average molecular weight is 286 g/mol. The van der Waals surface area contributed by atoms with Crippen LogP contribution in [-0.2, 0) is 4.79 Å². The third-order valence-electron chi connectivity index (χ3n) is 4.15. The number of carboxylic acids is 1. The fourth-order valence-electron chi connectivity index (χ4n) is 2.76. The first-order valence-electron chi connectivity index (χ1n) is 6.93. The van der Waals surface area contributed by atoms with E-state index >= 15 is 0 Å². The van der Waals surface area contributed by atoms with E-state index in [1.165, 1.54) is 4.90 Å². The van der Waals surface area contributed by atoms with Gasteiger partial charge in [0, 0.05) is 12.6 Å². The van der Waals surface area contributed by atoms with Crippen molar-refractivity contribution in [2.75, 3.05) is 18.1 Å². The number of piperidine rings is 1. The highest BCUT2D eigenvalue weighted by molar-refractivity contribution is 7.99. The molecule has 2 rings (SSSR count). The Morgan fingerprint density at radius 1 is 1.32 bits per heavy atom. The van der Waals surface area contributed by atoms with E-state index in [2.05, 4.69) is 5.32 Å². The monoisotopic (exact) mass is 286 g/mol. The summed E-state index contributed by atoms with van der Waals surface area (Å²) in [5.74, 6) is 1.24. The van der Waals surface area contributed by atoms with Crippen molar-refractivity contribution in [3.05, 3.63) is 0 Å². The van der Waals surface area contributed by atoms with Gasteiger partial charge in [-0.3, -0.25) is 0 Å². The summed E-state index contributed by atoms with van der Waals surface area (Å²) in [6, 6.07) is -0.00442. The zero-order valence-corrected chi connectivity index (χ0v) is 12.2. The van der Waals surface area contributed by atoms with Gasteiger partial charge in [0.1, 0.15) is 5.54 Å². The minimum Gasteiger partial charge on any atom is -0.480 e. The van der Waals surface area contributed by atoms with E-state index in [4.69, 9.17) is 0 Å². The van der Waals surface area contributed by atoms with Crippen LogP contribution < -0.4 is 5.32 Å². The Labute approximate surface area is 118 Å². The van der Waals surface area contributed by atoms with Crippen LogP contribution in [0.3, 0.4) is 0 Å². The molecule has 2 aliphatic heterocycles. The van der Waals surface area contributed by atoms with E-state index in [9.17, 15) is 14.7 Å². The number of carboxylic acid groups (broad SMARTS) is 1. The van der Waals surface area contributed by atoms with Gasteiger partial charge in [-0.15, -0.1) is 0 Å². The van der Waals surface area contributed by atoms with Crippen LogP contribution in [0.4, 0.5) is 4.79 Å². The number of urea groups is 1. The van der Waals surface area contributed by atoms with Crippen LogP contribution in [0.1, 0.15) is 39.0 Å². The fourth-order valence-corrected chi connectivity index (χ4v) is 3.87. The maximum Gasteiger partial charge on any atom is 0.329 e. The molecule has 108 valence electrons. The normalized spacial score (nSPS) is 29.0. The van der Waals surface area contributed by atoms with Crippen molar-refractivity contribution in [1.29, 1.82) is 0 Å². The molecule has 0 bridgehead atoms. The van der Waals surface area contributed by atoms with Gasteiger partial charge >= 0.3 is 12.0 Å². The number of nitrogens with zero attached hydrogens (tertiary/aromatic N) is 1. The van der Waals surface area contributed by atoms with E-state index in [1.807, 2.05) is 11.8 Å². The van der Waals surface area contributed by atoms with Crippen LogP contribution in [-0.4, -0.2) is 51.6 Å². The molecule has 0 aliphatic carbocycles. The van der Waals surface area contributed by atoms with Gasteiger partial charge in [-0.2, -0.15) is 11.8 Å². The number of likely N-dealkylation sites (tertiary alicyclic amines) is 1. The van der Waals surface area contributed by atoms with E-state index in [0.717, 1.165) is 37.2 Å². The summed E-state index contributed by atoms with van der Waals surface area (Å²) < 4.78 is 0. The first-order chi connectivity index (χ1) is 9.04. The number of hydrogen-bond acceptors (Lipinski definition) is 3. The highest BCUT2D eigenvalue weighted by Crippen LogP contribution is 2.28. The lowest BCUT2D eigenvalue weighted by atomic mass is 9.89. The number of thioether (sulfide) groups is 1. The summed E-state index contributed by atoms with van der Waals surface area (Å²) >= 11 is 1.91. The van der Waals surface area contributed by atoms with Gasteiger partial charge in [-0.1, -0.05) is 0 Å². The molecular formula is C13H22N2O3S. The molecule has 1 atom stereocenters. The van der Waals surface area contributed by atoms with Crippen LogP contribution >= 0.6 is 11.8 Å². The van der Waals surface area contributed by atoms with Crippen LogP contribution in [0.15, 0.2) is 0 Å². The Bertz CT molecular complexity index is 358. The van der Waals surface area contributed by atoms with Gasteiger partial charge in [-0.05, 0) is 50.5 Å². The molecule has 2 aliphatic rings. The summed E-state index contributed by atoms with van der Waals surface area (Å²) in [5.41, 5.74) is -1.05. The Morgan fingerprint density at radius 3 is 2.63 bits per heavy atom. The van der Waals surface area contributed by atoms with Crippen LogP contribution in [0.5, 0.6) is 0 Å². The predicted octanol–water partition coefficient (Wildman–Crippen LogP) is 1.92. The van der Waals surface area contributed by atoms with E-state index < -0.39 is 11.5 Å². The van der Waals surface area contributed by atoms with Crippen LogP contribution in [0, 0.1) is 0 Å². The van der Waals surface area contributed by atoms with Crippen LogP contribution in [0.25, 0.3) is 0 Å². The number of aliphatic carboxylic acids is 1. The maximum atomic E-state index is 12.3. The van der Waals surface area contributed by atoms with Crippen molar-refractivity contribution in [2.45, 2.75) is 50.6 Å². The molecule has 2 N–H and O–H groups in total. The zero-order chi connectivity index (χ0) is 13.9. The predicted molar refractivity (Wildman–Crippen MR) is 75.5 cm³/mol. The number of hydrogen-bond donors (Lipinski definition) is 2. The smallest absolute Gasteiger partial charge is 0.329 e. The second-order valence-corrected chi connectivity index (χ2v) is 6.75. The van der Waals surface area contributed by atoms with Gasteiger partial charge in [0.15, 0.2) is 0 Å².